The van der Waals surface area contributed by atoms with E-state index in [-0.39, 0.29) is 6.61 Å². The smallest absolute Gasteiger partial charge is 0.240 e. The Labute approximate surface area is 70.4 Å². The highest BCUT2D eigenvalue weighted by Gasteiger charge is 2.00. The first kappa shape index (κ1) is 8.65. The van der Waals surface area contributed by atoms with Crippen LogP contribution < -0.4 is 0 Å². The number of hydrogen-bond donors (Lipinski definition) is 1. The Morgan fingerprint density at radius 2 is 2.33 bits per heavy atom. The number of benzene rings is 1. The van der Waals surface area contributed by atoms with Gasteiger partial charge in [-0.05, 0) is 24.1 Å². The predicted octanol–water partition coefficient (Wildman–Crippen LogP) is 1.45. The Morgan fingerprint density at radius 1 is 1.58 bits per heavy atom. The largest absolute Gasteiger partial charge is 0.392 e. The highest BCUT2D eigenvalue weighted by molar-refractivity contribution is 5.55. The van der Waals surface area contributed by atoms with Crippen molar-refractivity contribution in [2.24, 2.45) is 4.99 Å². The molecule has 1 aromatic carbocycles. The summed E-state index contributed by atoms with van der Waals surface area (Å²) in [5.74, 6) is 0. The summed E-state index contributed by atoms with van der Waals surface area (Å²) in [4.78, 5) is 13.5. The molecule has 1 N–H and O–H groups in total. The molecular formula is C9H9NO2. The molecule has 3 nitrogen and oxygen atoms in total. The Bertz CT molecular complexity index is 327. The predicted molar refractivity (Wildman–Crippen MR) is 44.9 cm³/mol. The molecule has 0 amide bonds. The average Bonchev–Trinajstić information content (AvgIpc) is 2.09. The molecule has 1 aromatic rings. The van der Waals surface area contributed by atoms with Gasteiger partial charge in [-0.15, -0.1) is 0 Å². The highest BCUT2D eigenvalue weighted by Crippen LogP contribution is 2.20. The van der Waals surface area contributed by atoms with E-state index in [9.17, 15) is 4.79 Å². The maximum absolute atomic E-state index is 9.97. The van der Waals surface area contributed by atoms with Crippen LogP contribution >= 0.6 is 0 Å². The fourth-order valence-corrected chi connectivity index (χ4v) is 1.01. The van der Waals surface area contributed by atoms with E-state index in [0.717, 1.165) is 11.1 Å². The van der Waals surface area contributed by atoms with Crippen LogP contribution in [0.3, 0.4) is 0 Å². The average molecular weight is 163 g/mol. The van der Waals surface area contributed by atoms with E-state index in [4.69, 9.17) is 5.11 Å². The van der Waals surface area contributed by atoms with Gasteiger partial charge in [-0.25, -0.2) is 4.79 Å². The van der Waals surface area contributed by atoms with E-state index in [1.54, 1.807) is 18.2 Å². The van der Waals surface area contributed by atoms with Gasteiger partial charge in [0.2, 0.25) is 6.08 Å². The zero-order valence-electron chi connectivity index (χ0n) is 6.74. The first-order chi connectivity index (χ1) is 5.79. The van der Waals surface area contributed by atoms with E-state index < -0.39 is 0 Å². The van der Waals surface area contributed by atoms with E-state index in [0.29, 0.717) is 5.69 Å². The molecule has 0 heterocycles. The minimum absolute atomic E-state index is 0.0337. The Hall–Kier alpha value is -1.44. The zero-order chi connectivity index (χ0) is 8.97. The van der Waals surface area contributed by atoms with Gasteiger partial charge in [0.15, 0.2) is 0 Å². The van der Waals surface area contributed by atoms with Crippen LogP contribution in [0, 0.1) is 6.92 Å². The molecule has 62 valence electrons. The molecule has 0 aromatic heterocycles. The molecule has 0 radical (unpaired) electrons. The highest BCUT2D eigenvalue weighted by atomic mass is 16.3. The van der Waals surface area contributed by atoms with Crippen molar-refractivity contribution in [2.45, 2.75) is 13.5 Å². The van der Waals surface area contributed by atoms with E-state index in [1.165, 1.54) is 6.08 Å². The molecule has 0 aliphatic carbocycles. The number of aliphatic imine (C=N–C) groups is 1. The third kappa shape index (κ3) is 1.59. The molecule has 0 saturated heterocycles. The van der Waals surface area contributed by atoms with Gasteiger partial charge in [0.1, 0.15) is 0 Å². The van der Waals surface area contributed by atoms with Crippen LogP contribution in [0.5, 0.6) is 0 Å². The number of carbonyl (C=O) groups excluding carboxylic acids is 1. The topological polar surface area (TPSA) is 49.7 Å². The molecular weight excluding hydrogens is 154 g/mol. The molecule has 0 saturated carbocycles. The molecule has 0 bridgehead atoms. The van der Waals surface area contributed by atoms with Gasteiger partial charge in [0.05, 0.1) is 12.3 Å². The van der Waals surface area contributed by atoms with Crippen LogP contribution in [0.4, 0.5) is 5.69 Å². The number of aliphatic hydroxyl groups excluding tert-OH is 1. The number of nitrogens with zero attached hydrogens (tertiary/aromatic N) is 1. The summed E-state index contributed by atoms with van der Waals surface area (Å²) in [5, 5.41) is 8.87. The maximum atomic E-state index is 9.97. The molecule has 0 fully saturated rings. The number of hydrogen-bond acceptors (Lipinski definition) is 3. The van der Waals surface area contributed by atoms with Crippen LogP contribution in [0.15, 0.2) is 23.2 Å². The lowest BCUT2D eigenvalue weighted by Gasteiger charge is -2.02. The first-order valence-corrected chi connectivity index (χ1v) is 3.57. The van der Waals surface area contributed by atoms with Crippen LogP contribution in [0.2, 0.25) is 0 Å². The summed E-state index contributed by atoms with van der Waals surface area (Å²) in [6.07, 6.45) is 1.47. The molecule has 0 aliphatic heterocycles. The molecule has 1 rings (SSSR count). The second-order valence-corrected chi connectivity index (χ2v) is 2.42. The van der Waals surface area contributed by atoms with Crippen molar-refractivity contribution in [3.05, 3.63) is 29.3 Å². The van der Waals surface area contributed by atoms with Crippen LogP contribution in [-0.2, 0) is 11.4 Å². The molecule has 0 aliphatic rings. The summed E-state index contributed by atoms with van der Waals surface area (Å²) >= 11 is 0. The lowest BCUT2D eigenvalue weighted by Crippen LogP contribution is -1.87. The van der Waals surface area contributed by atoms with Crippen molar-refractivity contribution in [1.29, 1.82) is 0 Å². The van der Waals surface area contributed by atoms with Crippen LogP contribution in [0.25, 0.3) is 0 Å². The second kappa shape index (κ2) is 3.81. The van der Waals surface area contributed by atoms with Gasteiger partial charge in [-0.3, -0.25) is 0 Å². The molecule has 0 unspecified atom stereocenters. The van der Waals surface area contributed by atoms with E-state index in [2.05, 4.69) is 4.99 Å². The van der Waals surface area contributed by atoms with Crippen LogP contribution in [0.1, 0.15) is 11.1 Å². The van der Waals surface area contributed by atoms with Gasteiger partial charge in [0.25, 0.3) is 0 Å². The van der Waals surface area contributed by atoms with Crippen molar-refractivity contribution in [2.75, 3.05) is 0 Å². The van der Waals surface area contributed by atoms with Crippen molar-refractivity contribution >= 4 is 11.8 Å². The molecule has 3 heteroatoms. The van der Waals surface area contributed by atoms with Gasteiger partial charge in [-0.2, -0.15) is 4.99 Å². The number of isocyanates is 1. The van der Waals surface area contributed by atoms with Gasteiger partial charge in [0, 0.05) is 0 Å². The summed E-state index contributed by atoms with van der Waals surface area (Å²) in [6.45, 7) is 1.77. The minimum atomic E-state index is -0.0337. The minimum Gasteiger partial charge on any atom is -0.392 e. The quantitative estimate of drug-likeness (QED) is 0.530. The van der Waals surface area contributed by atoms with E-state index in [1.807, 2.05) is 6.92 Å². The molecule has 0 spiro atoms. The fraction of sp³-hybridized carbons (Fsp3) is 0.222. The zero-order valence-corrected chi connectivity index (χ0v) is 6.74. The fourth-order valence-electron chi connectivity index (χ4n) is 1.01. The Kier molecular flexibility index (Phi) is 2.75. The molecule has 12 heavy (non-hydrogen) atoms. The first-order valence-electron chi connectivity index (χ1n) is 3.57. The summed E-state index contributed by atoms with van der Waals surface area (Å²) < 4.78 is 0. The van der Waals surface area contributed by atoms with E-state index >= 15 is 0 Å². The molecule has 0 atom stereocenters. The summed E-state index contributed by atoms with van der Waals surface area (Å²) in [5.41, 5.74) is 2.17. The monoisotopic (exact) mass is 163 g/mol. The normalized spacial score (nSPS) is 9.17. The second-order valence-electron chi connectivity index (χ2n) is 2.42. The third-order valence-electron chi connectivity index (χ3n) is 1.75. The Morgan fingerprint density at radius 3 is 2.92 bits per heavy atom. The lowest BCUT2D eigenvalue weighted by molar-refractivity contribution is 0.281. The van der Waals surface area contributed by atoms with Crippen LogP contribution in [-0.4, -0.2) is 11.2 Å². The van der Waals surface area contributed by atoms with Gasteiger partial charge < -0.3 is 5.11 Å². The van der Waals surface area contributed by atoms with Gasteiger partial charge in [-0.1, -0.05) is 12.1 Å². The van der Waals surface area contributed by atoms with Crippen molar-refractivity contribution in [3.8, 4) is 0 Å². The number of rotatable bonds is 2. The van der Waals surface area contributed by atoms with Crippen molar-refractivity contribution in [1.82, 2.24) is 0 Å². The number of aliphatic hydroxyl groups is 1. The lowest BCUT2D eigenvalue weighted by atomic mass is 10.1. The SMILES string of the molecule is Cc1c(CO)cccc1N=C=O. The summed E-state index contributed by atoms with van der Waals surface area (Å²) in [7, 11) is 0. The maximum Gasteiger partial charge on any atom is 0.240 e. The van der Waals surface area contributed by atoms with Gasteiger partial charge >= 0.3 is 0 Å². The van der Waals surface area contributed by atoms with Crippen molar-refractivity contribution < 1.29 is 9.90 Å². The van der Waals surface area contributed by atoms with Crippen molar-refractivity contribution in [3.63, 3.8) is 0 Å². The standard InChI is InChI=1S/C9H9NO2/c1-7-8(5-11)3-2-4-9(7)10-6-12/h2-4,11H,5H2,1H3. The Balaban J connectivity index is 3.22. The summed E-state index contributed by atoms with van der Waals surface area (Å²) in [6, 6.07) is 5.24. The third-order valence-corrected chi connectivity index (χ3v) is 1.75.